The molecule has 0 saturated heterocycles. The highest BCUT2D eigenvalue weighted by atomic mass is 16.5. The first-order valence-corrected chi connectivity index (χ1v) is 8.16. The number of hydrogen-bond donors (Lipinski definition) is 1. The van der Waals surface area contributed by atoms with Gasteiger partial charge < -0.3 is 14.4 Å². The first-order valence-electron chi connectivity index (χ1n) is 8.16. The van der Waals surface area contributed by atoms with Crippen molar-refractivity contribution in [3.05, 3.63) is 59.2 Å². The Morgan fingerprint density at radius 1 is 1.21 bits per heavy atom. The Kier molecular flexibility index (Phi) is 3.86. The van der Waals surface area contributed by atoms with Crippen LogP contribution in [0.4, 0.5) is 0 Å². The minimum atomic E-state index is -0.371. The second-order valence-corrected chi connectivity index (χ2v) is 6.07. The minimum Gasteiger partial charge on any atom is -0.496 e. The molecule has 0 aliphatic carbocycles. The molecule has 1 amide bonds. The molecule has 0 saturated carbocycles. The molecule has 1 unspecified atom stereocenters. The predicted molar refractivity (Wildman–Crippen MR) is 89.9 cm³/mol. The van der Waals surface area contributed by atoms with Gasteiger partial charge in [-0.3, -0.25) is 10.1 Å². The summed E-state index contributed by atoms with van der Waals surface area (Å²) < 4.78 is 11.2. The molecule has 0 bridgehead atoms. The number of hydrogen-bond acceptors (Lipinski definition) is 4. The third kappa shape index (κ3) is 2.51. The van der Waals surface area contributed by atoms with Crippen LogP contribution in [0.2, 0.25) is 0 Å². The summed E-state index contributed by atoms with van der Waals surface area (Å²) >= 11 is 0. The van der Waals surface area contributed by atoms with Crippen molar-refractivity contribution in [2.75, 3.05) is 20.3 Å². The molecular weight excluding hydrogens is 304 g/mol. The van der Waals surface area contributed by atoms with Crippen LogP contribution in [0.5, 0.6) is 11.5 Å². The van der Waals surface area contributed by atoms with E-state index in [0.717, 1.165) is 28.2 Å². The van der Waals surface area contributed by atoms with Gasteiger partial charge in [-0.05, 0) is 17.7 Å². The van der Waals surface area contributed by atoms with E-state index in [-0.39, 0.29) is 11.9 Å². The van der Waals surface area contributed by atoms with Gasteiger partial charge in [-0.1, -0.05) is 30.3 Å². The van der Waals surface area contributed by atoms with Crippen molar-refractivity contribution in [1.29, 1.82) is 0 Å². The zero-order valence-electron chi connectivity index (χ0n) is 13.6. The van der Waals surface area contributed by atoms with Gasteiger partial charge in [0.1, 0.15) is 24.1 Å². The summed E-state index contributed by atoms with van der Waals surface area (Å²) in [6.07, 6.45) is 0. The van der Waals surface area contributed by atoms with E-state index in [1.54, 1.807) is 7.11 Å². The number of carbonyl (C=O) groups excluding carboxylic acids is 1. The monoisotopic (exact) mass is 324 g/mol. The maximum atomic E-state index is 13.2. The van der Waals surface area contributed by atoms with E-state index in [1.807, 2.05) is 41.3 Å². The van der Waals surface area contributed by atoms with Gasteiger partial charge in [0, 0.05) is 24.2 Å². The average molecular weight is 324 g/mol. The standard InChI is InChI=1S/C19H20N2O3/c1-23-16-8-4-5-13-11-21(12-15(13)16)19(22)18-14-6-2-3-7-17(14)24-10-9-20-18/h2-8,18,20H,9-12H2,1H3. The van der Waals surface area contributed by atoms with E-state index >= 15 is 0 Å². The molecule has 2 aromatic rings. The van der Waals surface area contributed by atoms with E-state index in [0.29, 0.717) is 26.2 Å². The molecular formula is C19H20N2O3. The molecule has 2 aliphatic rings. The Bertz CT molecular complexity index is 775. The lowest BCUT2D eigenvalue weighted by atomic mass is 10.0. The highest BCUT2D eigenvalue weighted by Gasteiger charge is 2.33. The Morgan fingerprint density at radius 2 is 2.08 bits per heavy atom. The molecule has 124 valence electrons. The van der Waals surface area contributed by atoms with Crippen molar-refractivity contribution < 1.29 is 14.3 Å². The van der Waals surface area contributed by atoms with Gasteiger partial charge in [-0.2, -0.15) is 0 Å². The third-order valence-electron chi connectivity index (χ3n) is 4.66. The first kappa shape index (κ1) is 15.0. The van der Waals surface area contributed by atoms with Crippen LogP contribution < -0.4 is 14.8 Å². The summed E-state index contributed by atoms with van der Waals surface area (Å²) in [7, 11) is 1.67. The number of para-hydroxylation sites is 1. The fourth-order valence-corrected chi connectivity index (χ4v) is 3.47. The predicted octanol–water partition coefficient (Wildman–Crippen LogP) is 2.26. The normalized spacial score (nSPS) is 19.0. The van der Waals surface area contributed by atoms with E-state index < -0.39 is 0 Å². The average Bonchev–Trinajstić information content (AvgIpc) is 2.94. The van der Waals surface area contributed by atoms with Gasteiger partial charge in [0.2, 0.25) is 5.91 Å². The van der Waals surface area contributed by atoms with Crippen molar-refractivity contribution in [3.8, 4) is 11.5 Å². The second kappa shape index (κ2) is 6.17. The number of fused-ring (bicyclic) bond motifs is 2. The zero-order valence-corrected chi connectivity index (χ0v) is 13.6. The van der Waals surface area contributed by atoms with Crippen LogP contribution in [0.25, 0.3) is 0 Å². The van der Waals surface area contributed by atoms with Crippen LogP contribution in [0, 0.1) is 0 Å². The number of nitrogens with one attached hydrogen (secondary N) is 1. The lowest BCUT2D eigenvalue weighted by molar-refractivity contribution is -0.134. The molecule has 2 aliphatic heterocycles. The Balaban J connectivity index is 1.61. The van der Waals surface area contributed by atoms with Gasteiger partial charge in [0.05, 0.1) is 13.7 Å². The van der Waals surface area contributed by atoms with Crippen LogP contribution in [-0.4, -0.2) is 31.1 Å². The van der Waals surface area contributed by atoms with Crippen LogP contribution in [0.3, 0.4) is 0 Å². The maximum Gasteiger partial charge on any atom is 0.245 e. The lowest BCUT2D eigenvalue weighted by Crippen LogP contribution is -2.38. The summed E-state index contributed by atoms with van der Waals surface area (Å²) in [6.45, 7) is 2.41. The van der Waals surface area contributed by atoms with Gasteiger partial charge in [-0.15, -0.1) is 0 Å². The van der Waals surface area contributed by atoms with E-state index in [2.05, 4.69) is 11.4 Å². The smallest absolute Gasteiger partial charge is 0.245 e. The number of benzene rings is 2. The zero-order chi connectivity index (χ0) is 16.5. The maximum absolute atomic E-state index is 13.2. The SMILES string of the molecule is COc1cccc2c1CN(C(=O)C1NCCOc3ccccc31)C2. The van der Waals surface area contributed by atoms with Crippen molar-refractivity contribution in [2.24, 2.45) is 0 Å². The summed E-state index contributed by atoms with van der Waals surface area (Å²) in [4.78, 5) is 15.0. The Morgan fingerprint density at radius 3 is 2.96 bits per heavy atom. The molecule has 4 rings (SSSR count). The fourth-order valence-electron chi connectivity index (χ4n) is 3.47. The van der Waals surface area contributed by atoms with Crippen LogP contribution in [-0.2, 0) is 17.9 Å². The third-order valence-corrected chi connectivity index (χ3v) is 4.66. The fraction of sp³-hybridized carbons (Fsp3) is 0.316. The highest BCUT2D eigenvalue weighted by molar-refractivity contribution is 5.85. The van der Waals surface area contributed by atoms with Crippen molar-refractivity contribution in [3.63, 3.8) is 0 Å². The molecule has 0 fully saturated rings. The molecule has 5 heteroatoms. The Labute approximate surface area is 141 Å². The molecule has 0 spiro atoms. The van der Waals surface area contributed by atoms with Gasteiger partial charge in [0.15, 0.2) is 0 Å². The van der Waals surface area contributed by atoms with Crippen LogP contribution in [0.1, 0.15) is 22.7 Å². The van der Waals surface area contributed by atoms with Crippen LogP contribution in [0.15, 0.2) is 42.5 Å². The van der Waals surface area contributed by atoms with Crippen molar-refractivity contribution >= 4 is 5.91 Å². The van der Waals surface area contributed by atoms with Crippen LogP contribution >= 0.6 is 0 Å². The Hall–Kier alpha value is -2.53. The topological polar surface area (TPSA) is 50.8 Å². The lowest BCUT2D eigenvalue weighted by Gasteiger charge is -2.23. The van der Waals surface area contributed by atoms with Gasteiger partial charge in [0.25, 0.3) is 0 Å². The van der Waals surface area contributed by atoms with E-state index in [9.17, 15) is 4.79 Å². The number of rotatable bonds is 2. The molecule has 0 radical (unpaired) electrons. The van der Waals surface area contributed by atoms with E-state index in [1.165, 1.54) is 0 Å². The molecule has 5 nitrogen and oxygen atoms in total. The molecule has 1 N–H and O–H groups in total. The molecule has 2 heterocycles. The number of nitrogens with zero attached hydrogens (tertiary/aromatic N) is 1. The summed E-state index contributed by atoms with van der Waals surface area (Å²) in [6, 6.07) is 13.4. The quantitative estimate of drug-likeness (QED) is 0.921. The minimum absolute atomic E-state index is 0.0752. The molecule has 1 atom stereocenters. The van der Waals surface area contributed by atoms with Crippen molar-refractivity contribution in [1.82, 2.24) is 10.2 Å². The summed E-state index contributed by atoms with van der Waals surface area (Å²) in [5, 5.41) is 3.32. The molecule has 24 heavy (non-hydrogen) atoms. The molecule has 2 aromatic carbocycles. The largest absolute Gasteiger partial charge is 0.496 e. The molecule has 0 aromatic heterocycles. The van der Waals surface area contributed by atoms with Gasteiger partial charge in [-0.25, -0.2) is 0 Å². The number of carbonyl (C=O) groups is 1. The summed E-state index contributed by atoms with van der Waals surface area (Å²) in [5.74, 6) is 1.71. The highest BCUT2D eigenvalue weighted by Crippen LogP contribution is 2.34. The van der Waals surface area contributed by atoms with Gasteiger partial charge >= 0.3 is 0 Å². The summed E-state index contributed by atoms with van der Waals surface area (Å²) in [5.41, 5.74) is 3.16. The van der Waals surface area contributed by atoms with Crippen molar-refractivity contribution in [2.45, 2.75) is 19.1 Å². The first-order chi connectivity index (χ1) is 11.8. The number of methoxy groups -OCH3 is 1. The number of ether oxygens (including phenoxy) is 2. The number of amides is 1. The van der Waals surface area contributed by atoms with E-state index in [4.69, 9.17) is 9.47 Å². The second-order valence-electron chi connectivity index (χ2n) is 6.07.